The zero-order chi connectivity index (χ0) is 13.8. The summed E-state index contributed by atoms with van der Waals surface area (Å²) in [7, 11) is 0. The molecule has 0 bridgehead atoms. The number of hydrazone groups is 1. The fourth-order valence-electron chi connectivity index (χ4n) is 2.17. The Kier molecular flexibility index (Phi) is 3.92. The molecular formula is C14H16N4OS. The number of thiophene rings is 1. The number of imidazole rings is 1. The Balaban J connectivity index is 1.55. The molecule has 0 aliphatic carbocycles. The third kappa shape index (κ3) is 3.14. The van der Waals surface area contributed by atoms with Crippen molar-refractivity contribution in [1.29, 1.82) is 0 Å². The summed E-state index contributed by atoms with van der Waals surface area (Å²) >= 11 is 1.77. The molecule has 0 spiro atoms. The molecule has 1 N–H and O–H groups in total. The van der Waals surface area contributed by atoms with E-state index in [1.807, 2.05) is 12.5 Å². The SMILES string of the molecule is O=C1CCC(c2ccc(CCCn3ccnc3)s2)=NN1. The van der Waals surface area contributed by atoms with Gasteiger partial charge in [0.15, 0.2) is 0 Å². The lowest BCUT2D eigenvalue weighted by Gasteiger charge is -2.09. The number of nitrogens with one attached hydrogen (secondary N) is 1. The largest absolute Gasteiger partial charge is 0.337 e. The Morgan fingerprint density at radius 1 is 1.35 bits per heavy atom. The first kappa shape index (κ1) is 13.1. The minimum absolute atomic E-state index is 0.00543. The van der Waals surface area contributed by atoms with Crippen molar-refractivity contribution in [3.05, 3.63) is 40.6 Å². The van der Waals surface area contributed by atoms with Gasteiger partial charge in [-0.1, -0.05) is 0 Å². The van der Waals surface area contributed by atoms with E-state index < -0.39 is 0 Å². The van der Waals surface area contributed by atoms with E-state index in [0.717, 1.165) is 31.5 Å². The smallest absolute Gasteiger partial charge is 0.240 e. The lowest BCUT2D eigenvalue weighted by atomic mass is 10.1. The van der Waals surface area contributed by atoms with Crippen molar-refractivity contribution in [2.75, 3.05) is 0 Å². The van der Waals surface area contributed by atoms with Crippen LogP contribution in [-0.2, 0) is 17.8 Å². The molecule has 0 unspecified atom stereocenters. The van der Waals surface area contributed by atoms with Crippen LogP contribution in [0.15, 0.2) is 36.0 Å². The number of aromatic nitrogens is 2. The number of rotatable bonds is 5. The van der Waals surface area contributed by atoms with Gasteiger partial charge in [-0.05, 0) is 25.0 Å². The van der Waals surface area contributed by atoms with Crippen LogP contribution in [0, 0.1) is 0 Å². The monoisotopic (exact) mass is 288 g/mol. The highest BCUT2D eigenvalue weighted by molar-refractivity contribution is 7.14. The van der Waals surface area contributed by atoms with Gasteiger partial charge in [0.25, 0.3) is 0 Å². The number of nitrogens with zero attached hydrogens (tertiary/aromatic N) is 3. The summed E-state index contributed by atoms with van der Waals surface area (Å²) in [6.45, 7) is 0.990. The molecule has 0 radical (unpaired) electrons. The second-order valence-electron chi connectivity index (χ2n) is 4.76. The van der Waals surface area contributed by atoms with Gasteiger partial charge in [0.1, 0.15) is 0 Å². The van der Waals surface area contributed by atoms with Gasteiger partial charge in [0.2, 0.25) is 5.91 Å². The summed E-state index contributed by atoms with van der Waals surface area (Å²) in [6.07, 6.45) is 9.06. The van der Waals surface area contributed by atoms with E-state index in [0.29, 0.717) is 6.42 Å². The topological polar surface area (TPSA) is 59.3 Å². The van der Waals surface area contributed by atoms with Gasteiger partial charge >= 0.3 is 0 Å². The van der Waals surface area contributed by atoms with E-state index in [1.54, 1.807) is 17.5 Å². The first-order valence-corrected chi connectivity index (χ1v) is 7.53. The van der Waals surface area contributed by atoms with Crippen LogP contribution in [0.5, 0.6) is 0 Å². The average Bonchev–Trinajstić information content (AvgIpc) is 3.11. The minimum atomic E-state index is 0.00543. The number of carbonyl (C=O) groups excluding carboxylic acids is 1. The van der Waals surface area contributed by atoms with Gasteiger partial charge in [-0.2, -0.15) is 5.10 Å². The van der Waals surface area contributed by atoms with Crippen molar-refractivity contribution in [3.63, 3.8) is 0 Å². The molecule has 0 fully saturated rings. The summed E-state index contributed by atoms with van der Waals surface area (Å²) in [5.41, 5.74) is 3.54. The lowest BCUT2D eigenvalue weighted by Crippen LogP contribution is -2.25. The highest BCUT2D eigenvalue weighted by atomic mass is 32.1. The van der Waals surface area contributed by atoms with Gasteiger partial charge in [-0.3, -0.25) is 4.79 Å². The molecule has 3 heterocycles. The molecule has 5 nitrogen and oxygen atoms in total. The fourth-order valence-corrected chi connectivity index (χ4v) is 3.24. The van der Waals surface area contributed by atoms with E-state index in [4.69, 9.17) is 0 Å². The first-order chi connectivity index (χ1) is 9.81. The summed E-state index contributed by atoms with van der Waals surface area (Å²) in [4.78, 5) is 17.6. The van der Waals surface area contributed by atoms with Gasteiger partial charge in [-0.15, -0.1) is 11.3 Å². The molecule has 2 aromatic heterocycles. The van der Waals surface area contributed by atoms with Crippen LogP contribution in [-0.4, -0.2) is 21.2 Å². The van der Waals surface area contributed by atoms with Crippen molar-refractivity contribution in [2.45, 2.75) is 32.2 Å². The number of hydrogen-bond donors (Lipinski definition) is 1. The molecule has 0 saturated carbocycles. The number of carbonyl (C=O) groups is 1. The highest BCUT2D eigenvalue weighted by Gasteiger charge is 2.14. The number of aryl methyl sites for hydroxylation is 2. The molecule has 1 amide bonds. The fraction of sp³-hybridized carbons (Fsp3) is 0.357. The average molecular weight is 288 g/mol. The van der Waals surface area contributed by atoms with Gasteiger partial charge in [-0.25, -0.2) is 10.4 Å². The Morgan fingerprint density at radius 3 is 3.05 bits per heavy atom. The molecule has 1 aliphatic heterocycles. The third-order valence-electron chi connectivity index (χ3n) is 3.25. The molecule has 3 rings (SSSR count). The Bertz CT molecular complexity index is 615. The van der Waals surface area contributed by atoms with Crippen LogP contribution in [0.3, 0.4) is 0 Å². The predicted molar refractivity (Wildman–Crippen MR) is 78.8 cm³/mol. The molecule has 0 atom stereocenters. The molecule has 6 heteroatoms. The summed E-state index contributed by atoms with van der Waals surface area (Å²) in [5.74, 6) is 0.00543. The number of hydrogen-bond acceptors (Lipinski definition) is 4. The van der Waals surface area contributed by atoms with E-state index in [2.05, 4.69) is 32.2 Å². The molecule has 0 aromatic carbocycles. The summed E-state index contributed by atoms with van der Waals surface area (Å²) in [5, 5.41) is 4.13. The Hall–Kier alpha value is -1.95. The van der Waals surface area contributed by atoms with E-state index in [1.165, 1.54) is 9.75 Å². The first-order valence-electron chi connectivity index (χ1n) is 6.71. The normalized spacial score (nSPS) is 15.0. The molecule has 104 valence electrons. The van der Waals surface area contributed by atoms with Gasteiger partial charge < -0.3 is 4.57 Å². The van der Waals surface area contributed by atoms with Crippen molar-refractivity contribution in [2.24, 2.45) is 5.10 Å². The van der Waals surface area contributed by atoms with Gasteiger partial charge in [0, 0.05) is 36.7 Å². The second kappa shape index (κ2) is 6.00. The van der Waals surface area contributed by atoms with Crippen LogP contribution < -0.4 is 5.43 Å². The van der Waals surface area contributed by atoms with Crippen molar-refractivity contribution in [1.82, 2.24) is 15.0 Å². The van der Waals surface area contributed by atoms with E-state index >= 15 is 0 Å². The maximum Gasteiger partial charge on any atom is 0.240 e. The Morgan fingerprint density at radius 2 is 2.30 bits per heavy atom. The van der Waals surface area contributed by atoms with Crippen LogP contribution in [0.2, 0.25) is 0 Å². The van der Waals surface area contributed by atoms with Crippen LogP contribution in [0.4, 0.5) is 0 Å². The second-order valence-corrected chi connectivity index (χ2v) is 5.93. The van der Waals surface area contributed by atoms with Crippen LogP contribution in [0.1, 0.15) is 29.0 Å². The molecule has 2 aromatic rings. The maximum absolute atomic E-state index is 11.1. The molecule has 1 aliphatic rings. The predicted octanol–water partition coefficient (Wildman–Crippen LogP) is 2.19. The quantitative estimate of drug-likeness (QED) is 0.917. The zero-order valence-corrected chi connectivity index (χ0v) is 11.9. The van der Waals surface area contributed by atoms with Crippen molar-refractivity contribution >= 4 is 23.0 Å². The van der Waals surface area contributed by atoms with E-state index in [-0.39, 0.29) is 5.91 Å². The Labute approximate surface area is 121 Å². The van der Waals surface area contributed by atoms with Crippen LogP contribution >= 0.6 is 11.3 Å². The van der Waals surface area contributed by atoms with Gasteiger partial charge in [0.05, 0.1) is 16.9 Å². The maximum atomic E-state index is 11.1. The summed E-state index contributed by atoms with van der Waals surface area (Å²) in [6, 6.07) is 4.26. The number of amides is 1. The van der Waals surface area contributed by atoms with Crippen molar-refractivity contribution < 1.29 is 4.79 Å². The summed E-state index contributed by atoms with van der Waals surface area (Å²) < 4.78 is 2.09. The molecule has 0 saturated heterocycles. The lowest BCUT2D eigenvalue weighted by molar-refractivity contribution is -0.121. The van der Waals surface area contributed by atoms with Crippen molar-refractivity contribution in [3.8, 4) is 0 Å². The third-order valence-corrected chi connectivity index (χ3v) is 4.44. The molecule has 20 heavy (non-hydrogen) atoms. The molecular weight excluding hydrogens is 272 g/mol. The van der Waals surface area contributed by atoms with E-state index in [9.17, 15) is 4.79 Å². The standard InChI is InChI=1S/C14H16N4OS/c19-14-6-4-12(16-17-14)13-5-3-11(20-13)2-1-8-18-9-7-15-10-18/h3,5,7,9-10H,1-2,4,6,8H2,(H,17,19). The zero-order valence-electron chi connectivity index (χ0n) is 11.1. The highest BCUT2D eigenvalue weighted by Crippen LogP contribution is 2.21. The minimum Gasteiger partial charge on any atom is -0.337 e. The van der Waals surface area contributed by atoms with Crippen LogP contribution in [0.25, 0.3) is 0 Å².